The number of allylic oxidation sites excluding steroid dienone is 1. The standard InChI is InChI=1S/C6H10O2/c1-3-4-5-6(7)8-2/h4-5H,3H2,1-2H3. The minimum Gasteiger partial charge on any atom is -0.466 e. The number of methoxy groups -OCH3 is 1. The van der Waals surface area contributed by atoms with Crippen LogP contribution in [0.2, 0.25) is 0 Å². The highest BCUT2D eigenvalue weighted by Gasteiger charge is 1.85. The molecule has 2 heteroatoms. The average Bonchev–Trinajstić information content (AvgIpc) is 1.83. The van der Waals surface area contributed by atoms with Crippen molar-refractivity contribution in [2.75, 3.05) is 7.11 Å². The van der Waals surface area contributed by atoms with Gasteiger partial charge in [-0.05, 0) is 6.42 Å². The van der Waals surface area contributed by atoms with Crippen LogP contribution in [0.1, 0.15) is 13.3 Å². The molecule has 0 saturated carbocycles. The second kappa shape index (κ2) is 4.37. The van der Waals surface area contributed by atoms with E-state index in [1.807, 2.05) is 6.92 Å². The third-order valence-electron chi connectivity index (χ3n) is 0.691. The molecular formula is C6H10O2. The molecule has 0 unspecified atom stereocenters. The quantitative estimate of drug-likeness (QED) is 0.397. The van der Waals surface area contributed by atoms with Gasteiger partial charge in [0.05, 0.1) is 7.11 Å². The van der Waals surface area contributed by atoms with Crippen LogP contribution in [0.15, 0.2) is 12.2 Å². The van der Waals surface area contributed by atoms with E-state index < -0.39 is 0 Å². The molecule has 0 spiro atoms. The summed E-state index contributed by atoms with van der Waals surface area (Å²) in [6.45, 7) is 1.96. The first-order valence-electron chi connectivity index (χ1n) is 2.55. The number of hydrogen-bond acceptors (Lipinski definition) is 2. The van der Waals surface area contributed by atoms with Crippen LogP contribution in [0.25, 0.3) is 0 Å². The summed E-state index contributed by atoms with van der Waals surface area (Å²) in [5.74, 6) is -0.285. The molecule has 0 saturated heterocycles. The molecule has 2 nitrogen and oxygen atoms in total. The van der Waals surface area contributed by atoms with Gasteiger partial charge in [-0.1, -0.05) is 13.0 Å². The molecule has 0 aliphatic rings. The van der Waals surface area contributed by atoms with Gasteiger partial charge in [0.25, 0.3) is 0 Å². The topological polar surface area (TPSA) is 26.3 Å². The first kappa shape index (κ1) is 7.21. The van der Waals surface area contributed by atoms with Crippen LogP contribution >= 0.6 is 0 Å². The van der Waals surface area contributed by atoms with E-state index in [1.54, 1.807) is 6.08 Å². The second-order valence-corrected chi connectivity index (χ2v) is 1.33. The summed E-state index contributed by atoms with van der Waals surface area (Å²) >= 11 is 0. The highest BCUT2D eigenvalue weighted by Crippen LogP contribution is 1.80. The van der Waals surface area contributed by atoms with Crippen molar-refractivity contribution in [1.82, 2.24) is 0 Å². The van der Waals surface area contributed by atoms with Gasteiger partial charge in [0.1, 0.15) is 0 Å². The van der Waals surface area contributed by atoms with Gasteiger partial charge in [-0.2, -0.15) is 0 Å². The molecule has 0 amide bonds. The third kappa shape index (κ3) is 3.40. The van der Waals surface area contributed by atoms with E-state index in [4.69, 9.17) is 0 Å². The number of carbonyl (C=O) groups excluding carboxylic acids is 1. The van der Waals surface area contributed by atoms with E-state index in [0.29, 0.717) is 0 Å². The van der Waals surface area contributed by atoms with Gasteiger partial charge in [-0.15, -0.1) is 0 Å². The van der Waals surface area contributed by atoms with Gasteiger partial charge < -0.3 is 4.74 Å². The lowest BCUT2D eigenvalue weighted by Crippen LogP contribution is -1.92. The summed E-state index contributed by atoms with van der Waals surface area (Å²) in [7, 11) is 1.36. The Balaban J connectivity index is 3.37. The lowest BCUT2D eigenvalue weighted by Gasteiger charge is -1.86. The maximum atomic E-state index is 10.3. The summed E-state index contributed by atoms with van der Waals surface area (Å²) in [5.41, 5.74) is 0. The number of rotatable bonds is 2. The van der Waals surface area contributed by atoms with Crippen LogP contribution in [0.3, 0.4) is 0 Å². The van der Waals surface area contributed by atoms with E-state index in [-0.39, 0.29) is 5.97 Å². The summed E-state index contributed by atoms with van der Waals surface area (Å²) < 4.78 is 4.33. The predicted octanol–water partition coefficient (Wildman–Crippen LogP) is 1.13. The molecule has 8 heavy (non-hydrogen) atoms. The maximum Gasteiger partial charge on any atom is 0.330 e. The first-order chi connectivity index (χ1) is 3.81. The van der Waals surface area contributed by atoms with Gasteiger partial charge in [0.2, 0.25) is 0 Å². The normalized spacial score (nSPS) is 9.75. The van der Waals surface area contributed by atoms with E-state index >= 15 is 0 Å². The second-order valence-electron chi connectivity index (χ2n) is 1.33. The van der Waals surface area contributed by atoms with Gasteiger partial charge in [-0.3, -0.25) is 0 Å². The zero-order valence-electron chi connectivity index (χ0n) is 5.18. The number of ether oxygens (including phenoxy) is 1. The van der Waals surface area contributed by atoms with Crippen molar-refractivity contribution < 1.29 is 9.53 Å². The zero-order chi connectivity index (χ0) is 6.41. The molecule has 0 N–H and O–H groups in total. The molecule has 0 aliphatic carbocycles. The fourth-order valence-electron chi connectivity index (χ4n) is 0.282. The molecule has 0 heterocycles. The maximum absolute atomic E-state index is 10.3. The van der Waals surface area contributed by atoms with E-state index in [2.05, 4.69) is 4.74 Å². The summed E-state index contributed by atoms with van der Waals surface area (Å²) in [6.07, 6.45) is 4.04. The predicted molar refractivity (Wildman–Crippen MR) is 31.4 cm³/mol. The van der Waals surface area contributed by atoms with Crippen LogP contribution in [-0.4, -0.2) is 13.1 Å². The molecule has 0 aliphatic heterocycles. The Morgan fingerprint density at radius 2 is 2.38 bits per heavy atom. The summed E-state index contributed by atoms with van der Waals surface area (Å²) in [4.78, 5) is 10.3. The molecule has 0 aromatic carbocycles. The molecule has 46 valence electrons. The fraction of sp³-hybridized carbons (Fsp3) is 0.500. The Kier molecular flexibility index (Phi) is 3.94. The Morgan fingerprint density at radius 3 is 2.75 bits per heavy atom. The first-order valence-corrected chi connectivity index (χ1v) is 2.55. The zero-order valence-corrected chi connectivity index (χ0v) is 5.18. The van der Waals surface area contributed by atoms with Crippen molar-refractivity contribution in [1.29, 1.82) is 0 Å². The Hall–Kier alpha value is -0.790. The van der Waals surface area contributed by atoms with E-state index in [9.17, 15) is 4.79 Å². The average molecular weight is 114 g/mol. The van der Waals surface area contributed by atoms with Crippen LogP contribution < -0.4 is 0 Å². The Morgan fingerprint density at radius 1 is 1.75 bits per heavy atom. The largest absolute Gasteiger partial charge is 0.466 e. The van der Waals surface area contributed by atoms with Gasteiger partial charge in [-0.25, -0.2) is 4.79 Å². The van der Waals surface area contributed by atoms with Crippen molar-refractivity contribution in [2.45, 2.75) is 13.3 Å². The lowest BCUT2D eigenvalue weighted by molar-refractivity contribution is -0.134. The molecule has 0 fully saturated rings. The van der Waals surface area contributed by atoms with Crippen molar-refractivity contribution >= 4 is 5.97 Å². The Bertz CT molecular complexity index is 94.7. The SMILES string of the molecule is CCC=CC(=O)OC. The number of carbonyl (C=O) groups is 1. The van der Waals surface area contributed by atoms with Crippen LogP contribution in [-0.2, 0) is 9.53 Å². The molecule has 0 aromatic heterocycles. The number of hydrogen-bond donors (Lipinski definition) is 0. The van der Waals surface area contributed by atoms with Crippen LogP contribution in [0.5, 0.6) is 0 Å². The molecule has 0 aromatic rings. The van der Waals surface area contributed by atoms with Crippen molar-refractivity contribution in [3.63, 3.8) is 0 Å². The lowest BCUT2D eigenvalue weighted by atomic mass is 10.4. The number of esters is 1. The molecule has 0 bridgehead atoms. The molecule has 0 rings (SSSR count). The van der Waals surface area contributed by atoms with Crippen molar-refractivity contribution in [3.8, 4) is 0 Å². The van der Waals surface area contributed by atoms with Crippen molar-refractivity contribution in [2.24, 2.45) is 0 Å². The smallest absolute Gasteiger partial charge is 0.330 e. The fourth-order valence-corrected chi connectivity index (χ4v) is 0.282. The van der Waals surface area contributed by atoms with E-state index in [0.717, 1.165) is 6.42 Å². The molecule has 0 atom stereocenters. The van der Waals surface area contributed by atoms with Crippen LogP contribution in [0.4, 0.5) is 0 Å². The van der Waals surface area contributed by atoms with Crippen molar-refractivity contribution in [3.05, 3.63) is 12.2 Å². The Labute approximate surface area is 49.1 Å². The van der Waals surface area contributed by atoms with Gasteiger partial charge >= 0.3 is 5.97 Å². The summed E-state index contributed by atoms with van der Waals surface area (Å²) in [6, 6.07) is 0. The minimum atomic E-state index is -0.285. The minimum absolute atomic E-state index is 0.285. The summed E-state index contributed by atoms with van der Waals surface area (Å²) in [5, 5.41) is 0. The van der Waals surface area contributed by atoms with Gasteiger partial charge in [0, 0.05) is 6.08 Å². The highest BCUT2D eigenvalue weighted by atomic mass is 16.5. The van der Waals surface area contributed by atoms with Crippen LogP contribution in [0, 0.1) is 0 Å². The third-order valence-corrected chi connectivity index (χ3v) is 0.691. The monoisotopic (exact) mass is 114 g/mol. The molecular weight excluding hydrogens is 104 g/mol. The molecule has 0 radical (unpaired) electrons. The highest BCUT2D eigenvalue weighted by molar-refractivity contribution is 5.81. The van der Waals surface area contributed by atoms with Gasteiger partial charge in [0.15, 0.2) is 0 Å². The van der Waals surface area contributed by atoms with E-state index in [1.165, 1.54) is 13.2 Å².